The predicted molar refractivity (Wildman–Crippen MR) is 119 cm³/mol. The van der Waals surface area contributed by atoms with E-state index in [0.29, 0.717) is 16.3 Å². The lowest BCUT2D eigenvalue weighted by atomic mass is 10.1. The molecule has 1 N–H and O–H groups in total. The molecule has 0 saturated carbocycles. The number of carboxylic acids is 1. The number of halogens is 2. The monoisotopic (exact) mass is 473 g/mol. The highest BCUT2D eigenvalue weighted by Gasteiger charge is 2.23. The average molecular weight is 474 g/mol. The van der Waals surface area contributed by atoms with E-state index in [9.17, 15) is 19.5 Å². The molecule has 0 bridgehead atoms. The van der Waals surface area contributed by atoms with Crippen LogP contribution < -0.4 is 9.64 Å². The zero-order valence-corrected chi connectivity index (χ0v) is 18.3. The van der Waals surface area contributed by atoms with Crippen LogP contribution in [0.25, 0.3) is 0 Å². The first-order chi connectivity index (χ1) is 15.3. The van der Waals surface area contributed by atoms with Gasteiger partial charge in [0, 0.05) is 23.0 Å². The first-order valence-electron chi connectivity index (χ1n) is 9.26. The summed E-state index contributed by atoms with van der Waals surface area (Å²) in [6.45, 7) is 0.0778. The summed E-state index contributed by atoms with van der Waals surface area (Å²) in [5, 5.41) is 9.65. The Morgan fingerprint density at radius 2 is 1.88 bits per heavy atom. The predicted octanol–water partition coefficient (Wildman–Crippen LogP) is 4.30. The lowest BCUT2D eigenvalue weighted by Crippen LogP contribution is -2.32. The average Bonchev–Trinajstić information content (AvgIpc) is 2.77. The molecule has 0 unspecified atom stereocenters. The van der Waals surface area contributed by atoms with Crippen molar-refractivity contribution in [3.05, 3.63) is 81.7 Å². The van der Waals surface area contributed by atoms with Crippen molar-refractivity contribution in [2.45, 2.75) is 13.0 Å². The van der Waals surface area contributed by atoms with Crippen LogP contribution in [0.5, 0.6) is 5.88 Å². The van der Waals surface area contributed by atoms with Crippen molar-refractivity contribution in [3.63, 3.8) is 0 Å². The summed E-state index contributed by atoms with van der Waals surface area (Å²) >= 11 is 12.2. The minimum Gasteiger partial charge on any atom is -0.481 e. The summed E-state index contributed by atoms with van der Waals surface area (Å²) in [5.41, 5.74) is 0.921. The maximum Gasteiger partial charge on any atom is 0.337 e. The van der Waals surface area contributed by atoms with Crippen LogP contribution in [0.3, 0.4) is 0 Å². The van der Waals surface area contributed by atoms with Crippen molar-refractivity contribution in [1.29, 1.82) is 0 Å². The molecule has 3 rings (SSSR count). The van der Waals surface area contributed by atoms with Crippen molar-refractivity contribution in [2.24, 2.45) is 0 Å². The number of carbonyl (C=O) groups excluding carboxylic acids is 2. The zero-order chi connectivity index (χ0) is 23.3. The van der Waals surface area contributed by atoms with Gasteiger partial charge >= 0.3 is 5.97 Å². The van der Waals surface area contributed by atoms with Crippen LogP contribution >= 0.6 is 23.2 Å². The van der Waals surface area contributed by atoms with Gasteiger partial charge in [-0.2, -0.15) is 4.98 Å². The van der Waals surface area contributed by atoms with E-state index in [1.165, 1.54) is 42.5 Å². The minimum atomic E-state index is -1.19. The van der Waals surface area contributed by atoms with Crippen molar-refractivity contribution < 1.29 is 24.2 Å². The fourth-order valence-corrected chi connectivity index (χ4v) is 3.36. The third-order valence-corrected chi connectivity index (χ3v) is 4.97. The number of ether oxygens (including phenoxy) is 1. The topological polar surface area (TPSA) is 110 Å². The van der Waals surface area contributed by atoms with Gasteiger partial charge in [-0.3, -0.25) is 9.59 Å². The number of aromatic carboxylic acids is 1. The third-order valence-electron chi connectivity index (χ3n) is 4.43. The summed E-state index contributed by atoms with van der Waals surface area (Å²) < 4.78 is 4.99. The lowest BCUT2D eigenvalue weighted by Gasteiger charge is -2.23. The number of rotatable bonds is 8. The fourth-order valence-electron chi connectivity index (χ4n) is 2.89. The number of hydrogen-bond donors (Lipinski definition) is 1. The maximum atomic E-state index is 13.1. The molecule has 0 saturated heterocycles. The molecule has 8 nitrogen and oxygen atoms in total. The van der Waals surface area contributed by atoms with Gasteiger partial charge in [0.1, 0.15) is 0 Å². The number of Topliss-reactive ketones (excluding diaryl/α,β-unsaturated/α-hetero) is 1. The second-order valence-electron chi connectivity index (χ2n) is 6.60. The van der Waals surface area contributed by atoms with Gasteiger partial charge < -0.3 is 14.7 Å². The Kier molecular flexibility index (Phi) is 7.40. The Bertz CT molecular complexity index is 1190. The number of amides is 1. The largest absolute Gasteiger partial charge is 0.481 e. The van der Waals surface area contributed by atoms with Gasteiger partial charge in [-0.05, 0) is 35.9 Å². The maximum absolute atomic E-state index is 13.1. The number of carboxylic acid groups (broad SMARTS) is 1. The minimum absolute atomic E-state index is 0.0404. The summed E-state index contributed by atoms with van der Waals surface area (Å²) in [7, 11) is 1.40. The van der Waals surface area contributed by atoms with E-state index < -0.39 is 24.1 Å². The standard InChI is InChI=1S/C22H17Cl2N3O5/c1-32-19-7-8-25-21(26-19)18(28)11-20(29)27(12-13-3-2-4-14(23)9-13)15-5-6-16(22(30)31)17(24)10-15/h2-10H,11-12H2,1H3,(H,30,31). The Morgan fingerprint density at radius 1 is 1.09 bits per heavy atom. The molecule has 0 fully saturated rings. The Labute approximate surface area is 193 Å². The molecule has 164 valence electrons. The third kappa shape index (κ3) is 5.60. The Hall–Kier alpha value is -3.49. The highest BCUT2D eigenvalue weighted by Crippen LogP contribution is 2.26. The van der Waals surface area contributed by atoms with Crippen LogP contribution in [0, 0.1) is 0 Å². The molecule has 0 radical (unpaired) electrons. The molecule has 0 atom stereocenters. The molecule has 0 aliphatic rings. The van der Waals surface area contributed by atoms with Crippen LogP contribution in [-0.4, -0.2) is 39.8 Å². The van der Waals surface area contributed by atoms with Gasteiger partial charge in [-0.1, -0.05) is 35.3 Å². The van der Waals surface area contributed by atoms with Crippen LogP contribution in [-0.2, 0) is 11.3 Å². The van der Waals surface area contributed by atoms with E-state index in [0.717, 1.165) is 0 Å². The van der Waals surface area contributed by atoms with Crippen LogP contribution in [0.1, 0.15) is 33.0 Å². The molecule has 10 heteroatoms. The van der Waals surface area contributed by atoms with Crippen molar-refractivity contribution in [1.82, 2.24) is 9.97 Å². The van der Waals surface area contributed by atoms with Gasteiger partial charge in [-0.25, -0.2) is 9.78 Å². The first kappa shape index (κ1) is 23.2. The number of ketones is 1. The molecule has 0 aliphatic carbocycles. The van der Waals surface area contributed by atoms with Crippen LogP contribution in [0.4, 0.5) is 5.69 Å². The van der Waals surface area contributed by atoms with Gasteiger partial charge in [0.15, 0.2) is 5.82 Å². The normalized spacial score (nSPS) is 10.5. The van der Waals surface area contributed by atoms with E-state index in [4.69, 9.17) is 27.9 Å². The number of carbonyl (C=O) groups is 3. The van der Waals surface area contributed by atoms with Gasteiger partial charge in [0.05, 0.1) is 30.7 Å². The molecule has 1 aromatic heterocycles. The zero-order valence-electron chi connectivity index (χ0n) is 16.8. The van der Waals surface area contributed by atoms with Gasteiger partial charge in [0.25, 0.3) is 0 Å². The fraction of sp³-hybridized carbons (Fsp3) is 0.136. The molecule has 3 aromatic rings. The summed E-state index contributed by atoms with van der Waals surface area (Å²) in [6, 6.07) is 12.5. The molecule has 0 aliphatic heterocycles. The van der Waals surface area contributed by atoms with Crippen LogP contribution in [0.2, 0.25) is 10.0 Å². The molecular formula is C22H17Cl2N3O5. The SMILES string of the molecule is COc1ccnc(C(=O)CC(=O)N(Cc2cccc(Cl)c2)c2ccc(C(=O)O)c(Cl)c2)n1. The molecular weight excluding hydrogens is 457 g/mol. The van der Waals surface area contributed by atoms with Gasteiger partial charge in [-0.15, -0.1) is 0 Å². The summed E-state index contributed by atoms with van der Waals surface area (Å²) in [4.78, 5) is 46.2. The van der Waals surface area contributed by atoms with E-state index in [1.807, 2.05) is 0 Å². The Morgan fingerprint density at radius 3 is 2.53 bits per heavy atom. The quantitative estimate of drug-likeness (QED) is 0.383. The van der Waals surface area contributed by atoms with Gasteiger partial charge in [0.2, 0.25) is 17.6 Å². The second kappa shape index (κ2) is 10.2. The number of benzene rings is 2. The molecule has 32 heavy (non-hydrogen) atoms. The van der Waals surface area contributed by atoms with E-state index >= 15 is 0 Å². The van der Waals surface area contributed by atoms with Crippen LogP contribution in [0.15, 0.2) is 54.7 Å². The number of hydrogen-bond acceptors (Lipinski definition) is 6. The number of methoxy groups -OCH3 is 1. The van der Waals surface area contributed by atoms with Crippen molar-refractivity contribution in [2.75, 3.05) is 12.0 Å². The van der Waals surface area contributed by atoms with E-state index in [-0.39, 0.29) is 28.8 Å². The number of nitrogens with zero attached hydrogens (tertiary/aromatic N) is 3. The van der Waals surface area contributed by atoms with Crippen molar-refractivity contribution >= 4 is 46.5 Å². The molecule has 2 aromatic carbocycles. The first-order valence-corrected chi connectivity index (χ1v) is 10.0. The molecule has 1 amide bonds. The smallest absolute Gasteiger partial charge is 0.337 e. The van der Waals surface area contributed by atoms with E-state index in [2.05, 4.69) is 9.97 Å². The van der Waals surface area contributed by atoms with E-state index in [1.54, 1.807) is 24.3 Å². The second-order valence-corrected chi connectivity index (χ2v) is 7.45. The molecule has 1 heterocycles. The highest BCUT2D eigenvalue weighted by molar-refractivity contribution is 6.34. The number of aromatic nitrogens is 2. The molecule has 0 spiro atoms. The summed E-state index contributed by atoms with van der Waals surface area (Å²) in [5.74, 6) is -2.30. The highest BCUT2D eigenvalue weighted by atomic mass is 35.5. The summed E-state index contributed by atoms with van der Waals surface area (Å²) in [6.07, 6.45) is 0.837. The lowest BCUT2D eigenvalue weighted by molar-refractivity contribution is -0.117. The van der Waals surface area contributed by atoms with Crippen molar-refractivity contribution in [3.8, 4) is 5.88 Å². The Balaban J connectivity index is 1.92. The number of anilines is 1.